The first-order chi connectivity index (χ1) is 7.58. The van der Waals surface area contributed by atoms with E-state index in [4.69, 9.17) is 4.42 Å². The number of carbonyl (C=O) groups excluding carboxylic acids is 2. The quantitative estimate of drug-likeness (QED) is 0.747. The summed E-state index contributed by atoms with van der Waals surface area (Å²) in [7, 11) is 0. The van der Waals surface area contributed by atoms with Gasteiger partial charge in [-0.25, -0.2) is 0 Å². The van der Waals surface area contributed by atoms with E-state index >= 15 is 0 Å². The Hall–Kier alpha value is -1.58. The highest BCUT2D eigenvalue weighted by atomic mass is 16.3. The van der Waals surface area contributed by atoms with Gasteiger partial charge in [0.05, 0.1) is 12.7 Å². The maximum Gasteiger partial charge on any atom is 0.227 e. The first-order valence-corrected chi connectivity index (χ1v) is 5.39. The number of furan rings is 1. The van der Waals surface area contributed by atoms with Crippen LogP contribution in [0.3, 0.4) is 0 Å². The summed E-state index contributed by atoms with van der Waals surface area (Å²) in [5.74, 6) is 0.586. The second-order valence-corrected chi connectivity index (χ2v) is 3.97. The minimum absolute atomic E-state index is 0.0366. The van der Waals surface area contributed by atoms with Gasteiger partial charge < -0.3 is 9.73 Å². The maximum absolute atomic E-state index is 11.3. The minimum Gasteiger partial charge on any atom is -0.469 e. The van der Waals surface area contributed by atoms with E-state index in [1.165, 1.54) is 6.92 Å². The van der Waals surface area contributed by atoms with Crippen molar-refractivity contribution in [2.75, 3.05) is 0 Å². The summed E-state index contributed by atoms with van der Waals surface area (Å²) in [6.07, 6.45) is 3.19. The van der Waals surface area contributed by atoms with Crippen molar-refractivity contribution in [1.82, 2.24) is 5.32 Å². The highest BCUT2D eigenvalue weighted by Crippen LogP contribution is 2.05. The predicted molar refractivity (Wildman–Crippen MR) is 59.9 cm³/mol. The summed E-state index contributed by atoms with van der Waals surface area (Å²) < 4.78 is 5.19. The first kappa shape index (κ1) is 12.5. The first-order valence-electron chi connectivity index (χ1n) is 5.39. The van der Waals surface area contributed by atoms with E-state index in [2.05, 4.69) is 5.32 Å². The van der Waals surface area contributed by atoms with Crippen molar-refractivity contribution in [2.45, 2.75) is 39.2 Å². The molecule has 0 radical (unpaired) electrons. The van der Waals surface area contributed by atoms with Gasteiger partial charge in [-0.15, -0.1) is 0 Å². The Morgan fingerprint density at radius 3 is 2.81 bits per heavy atom. The van der Waals surface area contributed by atoms with E-state index in [-0.39, 0.29) is 24.2 Å². The topological polar surface area (TPSA) is 59.3 Å². The Balaban J connectivity index is 2.22. The van der Waals surface area contributed by atoms with Crippen molar-refractivity contribution in [2.24, 2.45) is 0 Å². The van der Waals surface area contributed by atoms with Gasteiger partial charge in [0.15, 0.2) is 0 Å². The van der Waals surface area contributed by atoms with Gasteiger partial charge in [0.2, 0.25) is 5.91 Å². The highest BCUT2D eigenvalue weighted by molar-refractivity contribution is 5.96. The molecule has 1 unspecified atom stereocenters. The van der Waals surface area contributed by atoms with E-state index in [1.807, 2.05) is 19.1 Å². The van der Waals surface area contributed by atoms with E-state index in [0.29, 0.717) is 0 Å². The standard InChI is InChI=1S/C12H17NO3/c1-9(13-12(15)8-10(2)14)5-6-11-4-3-7-16-11/h3-4,7,9H,5-6,8H2,1-2H3,(H,13,15). The fourth-order valence-corrected chi connectivity index (χ4v) is 1.44. The third kappa shape index (κ3) is 4.77. The second-order valence-electron chi connectivity index (χ2n) is 3.97. The molecule has 0 aliphatic carbocycles. The third-order valence-corrected chi connectivity index (χ3v) is 2.22. The lowest BCUT2D eigenvalue weighted by Crippen LogP contribution is -2.33. The number of carbonyl (C=O) groups is 2. The largest absolute Gasteiger partial charge is 0.469 e. The number of hydrogen-bond donors (Lipinski definition) is 1. The summed E-state index contributed by atoms with van der Waals surface area (Å²) in [6.45, 7) is 3.33. The molecule has 0 aliphatic heterocycles. The van der Waals surface area contributed by atoms with Crippen LogP contribution in [0.4, 0.5) is 0 Å². The van der Waals surface area contributed by atoms with Gasteiger partial charge in [-0.1, -0.05) is 0 Å². The van der Waals surface area contributed by atoms with E-state index in [0.717, 1.165) is 18.6 Å². The summed E-state index contributed by atoms with van der Waals surface area (Å²) in [4.78, 5) is 22.0. The monoisotopic (exact) mass is 223 g/mol. The van der Waals surface area contributed by atoms with E-state index in [1.54, 1.807) is 6.26 Å². The molecule has 0 saturated heterocycles. The van der Waals surface area contributed by atoms with Gasteiger partial charge in [0, 0.05) is 12.5 Å². The molecule has 1 amide bonds. The molecule has 0 bridgehead atoms. The van der Waals surface area contributed by atoms with Crippen molar-refractivity contribution in [3.63, 3.8) is 0 Å². The molecular formula is C12H17NO3. The molecule has 0 saturated carbocycles. The fourth-order valence-electron chi connectivity index (χ4n) is 1.44. The van der Waals surface area contributed by atoms with Gasteiger partial charge in [-0.2, -0.15) is 0 Å². The molecule has 0 fully saturated rings. The summed E-state index contributed by atoms with van der Waals surface area (Å²) in [5, 5.41) is 2.77. The van der Waals surface area contributed by atoms with Crippen LogP contribution in [0.2, 0.25) is 0 Å². The molecule has 1 aromatic rings. The second kappa shape index (κ2) is 6.10. The Bertz CT molecular complexity index is 343. The summed E-state index contributed by atoms with van der Waals surface area (Å²) in [5.41, 5.74) is 0. The Labute approximate surface area is 95.0 Å². The third-order valence-electron chi connectivity index (χ3n) is 2.22. The number of nitrogens with one attached hydrogen (secondary N) is 1. The lowest BCUT2D eigenvalue weighted by atomic mass is 10.1. The van der Waals surface area contributed by atoms with Crippen LogP contribution in [0.25, 0.3) is 0 Å². The van der Waals surface area contributed by atoms with Crippen LogP contribution < -0.4 is 5.32 Å². The Kier molecular flexibility index (Phi) is 4.76. The highest BCUT2D eigenvalue weighted by Gasteiger charge is 2.09. The Morgan fingerprint density at radius 2 is 2.25 bits per heavy atom. The van der Waals surface area contributed by atoms with Crippen molar-refractivity contribution in [3.8, 4) is 0 Å². The molecule has 1 aromatic heterocycles. The lowest BCUT2D eigenvalue weighted by Gasteiger charge is -2.12. The molecule has 88 valence electrons. The van der Waals surface area contributed by atoms with Crippen molar-refractivity contribution < 1.29 is 14.0 Å². The number of aryl methyl sites for hydroxylation is 1. The summed E-state index contributed by atoms with van der Waals surface area (Å²) in [6, 6.07) is 3.80. The van der Waals surface area contributed by atoms with Crippen molar-refractivity contribution >= 4 is 11.7 Å². The number of amides is 1. The average Bonchev–Trinajstić information content (AvgIpc) is 2.65. The van der Waals surface area contributed by atoms with Crippen LogP contribution >= 0.6 is 0 Å². The van der Waals surface area contributed by atoms with Crippen LogP contribution in [0, 0.1) is 0 Å². The van der Waals surface area contributed by atoms with E-state index < -0.39 is 0 Å². The zero-order valence-corrected chi connectivity index (χ0v) is 9.66. The molecular weight excluding hydrogens is 206 g/mol. The molecule has 1 heterocycles. The lowest BCUT2D eigenvalue weighted by molar-refractivity contribution is -0.127. The molecule has 0 aromatic carbocycles. The Morgan fingerprint density at radius 1 is 1.50 bits per heavy atom. The van der Waals surface area contributed by atoms with Crippen LogP contribution in [-0.2, 0) is 16.0 Å². The van der Waals surface area contributed by atoms with Gasteiger partial charge in [0.25, 0.3) is 0 Å². The van der Waals surface area contributed by atoms with Gasteiger partial charge in [-0.3, -0.25) is 9.59 Å². The number of rotatable bonds is 6. The van der Waals surface area contributed by atoms with Gasteiger partial charge in [0.1, 0.15) is 11.5 Å². The SMILES string of the molecule is CC(=O)CC(=O)NC(C)CCc1ccco1. The maximum atomic E-state index is 11.3. The number of Topliss-reactive ketones (excluding diaryl/α,β-unsaturated/α-hetero) is 1. The molecule has 16 heavy (non-hydrogen) atoms. The van der Waals surface area contributed by atoms with Crippen LogP contribution in [-0.4, -0.2) is 17.7 Å². The zero-order chi connectivity index (χ0) is 12.0. The number of hydrogen-bond acceptors (Lipinski definition) is 3. The number of ketones is 1. The van der Waals surface area contributed by atoms with Crippen molar-refractivity contribution in [1.29, 1.82) is 0 Å². The fraction of sp³-hybridized carbons (Fsp3) is 0.500. The van der Waals surface area contributed by atoms with Crippen LogP contribution in [0.5, 0.6) is 0 Å². The zero-order valence-electron chi connectivity index (χ0n) is 9.66. The van der Waals surface area contributed by atoms with Gasteiger partial charge >= 0.3 is 0 Å². The van der Waals surface area contributed by atoms with Crippen LogP contribution in [0.15, 0.2) is 22.8 Å². The molecule has 1 atom stereocenters. The van der Waals surface area contributed by atoms with Crippen LogP contribution in [0.1, 0.15) is 32.4 Å². The van der Waals surface area contributed by atoms with E-state index in [9.17, 15) is 9.59 Å². The van der Waals surface area contributed by atoms with Crippen molar-refractivity contribution in [3.05, 3.63) is 24.2 Å². The smallest absolute Gasteiger partial charge is 0.227 e. The molecule has 0 spiro atoms. The minimum atomic E-state index is -0.209. The molecule has 1 rings (SSSR count). The average molecular weight is 223 g/mol. The predicted octanol–water partition coefficient (Wildman–Crippen LogP) is 1.70. The molecule has 4 heteroatoms. The normalized spacial score (nSPS) is 12.1. The summed E-state index contributed by atoms with van der Waals surface area (Å²) >= 11 is 0. The van der Waals surface area contributed by atoms with Gasteiger partial charge in [-0.05, 0) is 32.4 Å². The molecule has 0 aliphatic rings. The molecule has 4 nitrogen and oxygen atoms in total. The molecule has 1 N–H and O–H groups in total.